The van der Waals surface area contributed by atoms with Crippen LogP contribution in [0.5, 0.6) is 5.75 Å². The molecule has 0 aliphatic heterocycles. The summed E-state index contributed by atoms with van der Waals surface area (Å²) >= 11 is 0. The average molecular weight is 270 g/mol. The number of benzene rings is 1. The maximum absolute atomic E-state index is 8.96. The van der Waals surface area contributed by atoms with Crippen molar-refractivity contribution in [1.82, 2.24) is 0 Å². The molecule has 0 bridgehead atoms. The molecule has 0 amide bonds. The highest BCUT2D eigenvalue weighted by molar-refractivity contribution is 7.39. The minimum absolute atomic E-state index is 0.611. The van der Waals surface area contributed by atoms with E-state index >= 15 is 0 Å². The van der Waals surface area contributed by atoms with Crippen LogP contribution in [0.25, 0.3) is 0 Å². The van der Waals surface area contributed by atoms with Gasteiger partial charge in [-0.05, 0) is 42.9 Å². The summed E-state index contributed by atoms with van der Waals surface area (Å²) in [6.45, 7) is 4.33. The summed E-state index contributed by atoms with van der Waals surface area (Å²) in [5.74, 6) is 0.611. The number of hydrogen-bond acceptors (Lipinski definition) is 3. The van der Waals surface area contributed by atoms with E-state index in [-0.39, 0.29) is 0 Å². The molecule has 0 atom stereocenters. The smallest absolute Gasteiger partial charge is 0.391 e. The summed E-state index contributed by atoms with van der Waals surface area (Å²) < 4.78 is 5.08. The van der Waals surface area contributed by atoms with E-state index in [0.717, 1.165) is 31.2 Å². The second-order valence-corrected chi connectivity index (χ2v) is 5.18. The normalized spacial score (nSPS) is 10.9. The van der Waals surface area contributed by atoms with Gasteiger partial charge in [-0.25, -0.2) is 0 Å². The van der Waals surface area contributed by atoms with Gasteiger partial charge in [0.1, 0.15) is 5.75 Å². The van der Waals surface area contributed by atoms with Gasteiger partial charge in [0.05, 0.1) is 0 Å². The summed E-state index contributed by atoms with van der Waals surface area (Å²) in [6.07, 6.45) is 6.56. The van der Waals surface area contributed by atoms with Crippen molar-refractivity contribution in [3.05, 3.63) is 29.3 Å². The molecule has 0 aromatic heterocycles. The standard InChI is InChI=1S/C14H23O3P/c1-3-5-7-12-9-10-14(17-18(15)16)13(11-12)8-6-4-2/h9-11,15-16H,3-8H2,1-2H3. The lowest BCUT2D eigenvalue weighted by Crippen LogP contribution is -1.95. The van der Waals surface area contributed by atoms with Crippen molar-refractivity contribution in [2.75, 3.05) is 0 Å². The second kappa shape index (κ2) is 8.47. The van der Waals surface area contributed by atoms with Crippen LogP contribution >= 0.6 is 8.60 Å². The molecule has 0 heterocycles. The van der Waals surface area contributed by atoms with Gasteiger partial charge in [0, 0.05) is 0 Å². The van der Waals surface area contributed by atoms with E-state index in [1.165, 1.54) is 18.4 Å². The Labute approximate surface area is 111 Å². The lowest BCUT2D eigenvalue weighted by molar-refractivity contribution is 0.373. The molecule has 2 N–H and O–H groups in total. The van der Waals surface area contributed by atoms with E-state index in [2.05, 4.69) is 19.9 Å². The van der Waals surface area contributed by atoms with Gasteiger partial charge in [-0.15, -0.1) is 0 Å². The van der Waals surface area contributed by atoms with Gasteiger partial charge in [0.2, 0.25) is 0 Å². The van der Waals surface area contributed by atoms with Gasteiger partial charge >= 0.3 is 8.60 Å². The minimum Gasteiger partial charge on any atom is -0.427 e. The van der Waals surface area contributed by atoms with Crippen molar-refractivity contribution >= 4 is 8.60 Å². The van der Waals surface area contributed by atoms with Crippen LogP contribution in [0.4, 0.5) is 0 Å². The van der Waals surface area contributed by atoms with Gasteiger partial charge in [-0.3, -0.25) is 0 Å². The fourth-order valence-electron chi connectivity index (χ4n) is 1.91. The van der Waals surface area contributed by atoms with Crippen LogP contribution < -0.4 is 4.52 Å². The van der Waals surface area contributed by atoms with Crippen molar-refractivity contribution in [3.8, 4) is 5.75 Å². The van der Waals surface area contributed by atoms with Crippen LogP contribution in [-0.2, 0) is 12.8 Å². The Morgan fingerprint density at radius 3 is 2.33 bits per heavy atom. The zero-order valence-electron chi connectivity index (χ0n) is 11.2. The molecule has 1 aromatic rings. The zero-order chi connectivity index (χ0) is 13.4. The highest BCUT2D eigenvalue weighted by Crippen LogP contribution is 2.33. The van der Waals surface area contributed by atoms with E-state index in [9.17, 15) is 0 Å². The first-order chi connectivity index (χ1) is 8.67. The Balaban J connectivity index is 2.81. The number of rotatable bonds is 8. The monoisotopic (exact) mass is 270 g/mol. The maximum atomic E-state index is 8.96. The highest BCUT2D eigenvalue weighted by atomic mass is 31.2. The van der Waals surface area contributed by atoms with E-state index < -0.39 is 8.60 Å². The molecule has 0 aliphatic carbocycles. The van der Waals surface area contributed by atoms with Crippen molar-refractivity contribution < 1.29 is 14.3 Å². The fourth-order valence-corrected chi connectivity index (χ4v) is 2.26. The molecule has 0 saturated heterocycles. The molecule has 0 radical (unpaired) electrons. The van der Waals surface area contributed by atoms with Crippen LogP contribution in [-0.4, -0.2) is 9.79 Å². The van der Waals surface area contributed by atoms with Crippen LogP contribution in [0, 0.1) is 0 Å². The van der Waals surface area contributed by atoms with Gasteiger partial charge in [-0.2, -0.15) is 0 Å². The van der Waals surface area contributed by atoms with E-state index in [4.69, 9.17) is 14.3 Å². The minimum atomic E-state index is -2.33. The summed E-state index contributed by atoms with van der Waals surface area (Å²) in [5.41, 5.74) is 2.39. The van der Waals surface area contributed by atoms with Gasteiger partial charge in [0.15, 0.2) is 0 Å². The molecular formula is C14H23O3P. The van der Waals surface area contributed by atoms with E-state index in [1.807, 2.05) is 12.1 Å². The van der Waals surface area contributed by atoms with Gasteiger partial charge in [0.25, 0.3) is 0 Å². The largest absolute Gasteiger partial charge is 0.427 e. The van der Waals surface area contributed by atoms with Crippen LogP contribution in [0.15, 0.2) is 18.2 Å². The van der Waals surface area contributed by atoms with Crippen molar-refractivity contribution in [1.29, 1.82) is 0 Å². The predicted molar refractivity (Wildman–Crippen MR) is 75.7 cm³/mol. The first-order valence-corrected chi connectivity index (χ1v) is 7.81. The molecule has 0 aliphatic rings. The molecular weight excluding hydrogens is 247 g/mol. The Morgan fingerprint density at radius 1 is 1.06 bits per heavy atom. The fraction of sp³-hybridized carbons (Fsp3) is 0.571. The third kappa shape index (κ3) is 5.34. The van der Waals surface area contributed by atoms with Crippen molar-refractivity contribution in [2.45, 2.75) is 52.4 Å². The average Bonchev–Trinajstić information content (AvgIpc) is 2.35. The molecule has 0 unspecified atom stereocenters. The second-order valence-electron chi connectivity index (χ2n) is 4.49. The Kier molecular flexibility index (Phi) is 7.26. The Morgan fingerprint density at radius 2 is 1.72 bits per heavy atom. The highest BCUT2D eigenvalue weighted by Gasteiger charge is 2.09. The van der Waals surface area contributed by atoms with E-state index in [0.29, 0.717) is 5.75 Å². The summed E-state index contributed by atoms with van der Waals surface area (Å²) in [5, 5.41) is 0. The van der Waals surface area contributed by atoms with Crippen LogP contribution in [0.3, 0.4) is 0 Å². The molecule has 4 heteroatoms. The molecule has 102 valence electrons. The molecule has 0 saturated carbocycles. The molecule has 3 nitrogen and oxygen atoms in total. The topological polar surface area (TPSA) is 49.7 Å². The predicted octanol–water partition coefficient (Wildman–Crippen LogP) is 3.96. The zero-order valence-corrected chi connectivity index (χ0v) is 12.1. The van der Waals surface area contributed by atoms with Crippen molar-refractivity contribution in [3.63, 3.8) is 0 Å². The SMILES string of the molecule is CCCCc1ccc(OP(O)O)c(CCCC)c1. The molecule has 18 heavy (non-hydrogen) atoms. The number of aryl methyl sites for hydroxylation is 2. The lowest BCUT2D eigenvalue weighted by atomic mass is 10.0. The van der Waals surface area contributed by atoms with Gasteiger partial charge < -0.3 is 14.3 Å². The van der Waals surface area contributed by atoms with E-state index in [1.54, 1.807) is 0 Å². The third-order valence-electron chi connectivity index (χ3n) is 2.92. The summed E-state index contributed by atoms with van der Waals surface area (Å²) in [4.78, 5) is 17.9. The molecule has 0 fully saturated rings. The first-order valence-electron chi connectivity index (χ1n) is 6.65. The number of unbranched alkanes of at least 4 members (excludes halogenated alkanes) is 2. The van der Waals surface area contributed by atoms with Gasteiger partial charge in [-0.1, -0.05) is 38.8 Å². The molecule has 1 rings (SSSR count). The summed E-state index contributed by atoms with van der Waals surface area (Å²) in [6, 6.07) is 6.01. The van der Waals surface area contributed by atoms with Crippen molar-refractivity contribution in [2.24, 2.45) is 0 Å². The van der Waals surface area contributed by atoms with Crippen LogP contribution in [0.2, 0.25) is 0 Å². The molecule has 0 spiro atoms. The maximum Gasteiger partial charge on any atom is 0.391 e. The lowest BCUT2D eigenvalue weighted by Gasteiger charge is -2.12. The number of hydrogen-bond donors (Lipinski definition) is 2. The van der Waals surface area contributed by atoms with Crippen LogP contribution in [0.1, 0.15) is 50.7 Å². The Bertz CT molecular complexity index is 353. The molecule has 1 aromatic carbocycles. The quantitative estimate of drug-likeness (QED) is 0.703. The third-order valence-corrected chi connectivity index (χ3v) is 3.28. The first kappa shape index (κ1) is 15.4. The Hall–Kier alpha value is -0.630. The summed E-state index contributed by atoms with van der Waals surface area (Å²) in [7, 11) is -2.33.